The molecule has 0 N–H and O–H groups in total. The number of anilines is 1. The summed E-state index contributed by atoms with van der Waals surface area (Å²) in [5.74, 6) is 0.323. The lowest BCUT2D eigenvalue weighted by Gasteiger charge is -2.47. The summed E-state index contributed by atoms with van der Waals surface area (Å²) in [6.07, 6.45) is 7.12. The van der Waals surface area contributed by atoms with E-state index in [1.54, 1.807) is 0 Å². The van der Waals surface area contributed by atoms with Gasteiger partial charge in [-0.2, -0.15) is 0 Å². The number of likely N-dealkylation sites (tertiary alicyclic amines) is 2. The number of rotatable bonds is 4. The van der Waals surface area contributed by atoms with Gasteiger partial charge in [-0.3, -0.25) is 14.5 Å². The van der Waals surface area contributed by atoms with Crippen LogP contribution in [0.1, 0.15) is 98.5 Å². The van der Waals surface area contributed by atoms with E-state index in [1.165, 1.54) is 6.42 Å². The average molecular weight is 592 g/mol. The van der Waals surface area contributed by atoms with Crippen LogP contribution in [-0.2, 0) is 29.0 Å². The Hall–Kier alpha value is -1.94. The molecule has 4 saturated heterocycles. The SMILES string of the molecule is CC1(C)CCN([C@H]2C[C@@H](N3C(=O)C4(CCN(C(=O)C5CCCCO5)CC4)c4ccc(B5OC(C)(C)C(C)(C)O5)cc43)C2)C1. The van der Waals surface area contributed by atoms with Crippen molar-refractivity contribution < 1.29 is 23.6 Å². The lowest BCUT2D eigenvalue weighted by atomic mass is 9.71. The predicted octanol–water partition coefficient (Wildman–Crippen LogP) is 4.02. The van der Waals surface area contributed by atoms with Gasteiger partial charge in [-0.1, -0.05) is 26.0 Å². The number of nitrogens with zero attached hydrogens (tertiary/aromatic N) is 3. The molecule has 0 radical (unpaired) electrons. The molecule has 1 unspecified atom stereocenters. The van der Waals surface area contributed by atoms with Crippen LogP contribution < -0.4 is 10.4 Å². The van der Waals surface area contributed by atoms with Gasteiger partial charge in [0.05, 0.1) is 16.6 Å². The topological polar surface area (TPSA) is 71.6 Å². The van der Waals surface area contributed by atoms with E-state index in [-0.39, 0.29) is 24.0 Å². The minimum Gasteiger partial charge on any atom is -0.399 e. The second kappa shape index (κ2) is 10.3. The standard InChI is InChI=1S/C34H50BN3O5/c1-31(2)12-15-37(22-31)24-20-25(21-24)38-27-19-23(35-42-32(3,4)33(5,6)43-35)10-11-26(27)34(30(38)40)13-16-36(17-14-34)29(39)28-9-7-8-18-41-28/h10-11,19,24-25,28H,7-9,12-18,20-22H2,1-6H3/t24-,25+,28?. The summed E-state index contributed by atoms with van der Waals surface area (Å²) >= 11 is 0. The first kappa shape index (κ1) is 29.8. The van der Waals surface area contributed by atoms with Gasteiger partial charge in [-0.15, -0.1) is 0 Å². The zero-order valence-corrected chi connectivity index (χ0v) is 27.1. The molecule has 0 bridgehead atoms. The smallest absolute Gasteiger partial charge is 0.399 e. The van der Waals surface area contributed by atoms with Gasteiger partial charge in [-0.25, -0.2) is 0 Å². The highest BCUT2D eigenvalue weighted by atomic mass is 16.7. The van der Waals surface area contributed by atoms with E-state index in [4.69, 9.17) is 14.0 Å². The summed E-state index contributed by atoms with van der Waals surface area (Å²) < 4.78 is 18.7. The first-order valence-electron chi connectivity index (χ1n) is 16.8. The third-order valence-electron chi connectivity index (χ3n) is 12.0. The summed E-state index contributed by atoms with van der Waals surface area (Å²) in [6, 6.07) is 7.17. The van der Waals surface area contributed by atoms with Gasteiger partial charge in [0.2, 0.25) is 5.91 Å². The van der Waals surface area contributed by atoms with Gasteiger partial charge in [0.15, 0.2) is 0 Å². The van der Waals surface area contributed by atoms with Crippen LogP contribution in [-0.4, -0.2) is 90.9 Å². The van der Waals surface area contributed by atoms with Crippen LogP contribution in [0.25, 0.3) is 0 Å². The predicted molar refractivity (Wildman–Crippen MR) is 168 cm³/mol. The molecule has 1 atom stereocenters. The molecule has 1 aromatic rings. The Morgan fingerprint density at radius 1 is 0.907 bits per heavy atom. The van der Waals surface area contributed by atoms with E-state index >= 15 is 0 Å². The lowest BCUT2D eigenvalue weighted by molar-refractivity contribution is -0.149. The lowest BCUT2D eigenvalue weighted by Crippen LogP contribution is -2.58. The molecule has 2 amide bonds. The Kier molecular flexibility index (Phi) is 7.12. The molecular weight excluding hydrogens is 541 g/mol. The summed E-state index contributed by atoms with van der Waals surface area (Å²) in [7, 11) is -0.472. The zero-order chi connectivity index (χ0) is 30.4. The van der Waals surface area contributed by atoms with Crippen molar-refractivity contribution in [2.75, 3.05) is 37.7 Å². The van der Waals surface area contributed by atoms with Crippen molar-refractivity contribution in [3.05, 3.63) is 23.8 Å². The average Bonchev–Trinajstić information content (AvgIpc) is 3.50. The van der Waals surface area contributed by atoms with Crippen LogP contribution >= 0.6 is 0 Å². The molecule has 1 aliphatic carbocycles. The molecule has 234 valence electrons. The molecule has 9 heteroatoms. The maximum absolute atomic E-state index is 14.6. The molecule has 0 aromatic heterocycles. The van der Waals surface area contributed by atoms with Crippen molar-refractivity contribution in [3.8, 4) is 0 Å². The Labute approximate surface area is 257 Å². The number of carbonyl (C=O) groups excluding carboxylic acids is 2. The third-order valence-corrected chi connectivity index (χ3v) is 12.0. The monoisotopic (exact) mass is 591 g/mol. The number of hydrogen-bond donors (Lipinski definition) is 0. The fourth-order valence-corrected chi connectivity index (χ4v) is 8.36. The quantitative estimate of drug-likeness (QED) is 0.493. The van der Waals surface area contributed by atoms with Gasteiger partial charge in [0.1, 0.15) is 6.10 Å². The van der Waals surface area contributed by atoms with Crippen molar-refractivity contribution in [2.45, 2.75) is 128 Å². The summed E-state index contributed by atoms with van der Waals surface area (Å²) in [4.78, 5) is 34.7. The molecule has 6 aliphatic rings. The number of amides is 2. The summed E-state index contributed by atoms with van der Waals surface area (Å²) in [5, 5.41) is 0. The van der Waals surface area contributed by atoms with Gasteiger partial charge >= 0.3 is 7.12 Å². The van der Waals surface area contributed by atoms with Crippen molar-refractivity contribution in [1.82, 2.24) is 9.80 Å². The molecule has 5 heterocycles. The molecule has 5 aliphatic heterocycles. The minimum absolute atomic E-state index is 0.101. The molecular formula is C34H50BN3O5. The number of carbonyl (C=O) groups is 2. The van der Waals surface area contributed by atoms with Gasteiger partial charge < -0.3 is 23.8 Å². The molecule has 5 fully saturated rings. The van der Waals surface area contributed by atoms with Crippen LogP contribution in [0.4, 0.5) is 5.69 Å². The summed E-state index contributed by atoms with van der Waals surface area (Å²) in [5.41, 5.74) is 2.03. The first-order chi connectivity index (χ1) is 20.3. The van der Waals surface area contributed by atoms with E-state index in [0.717, 1.165) is 61.9 Å². The minimum atomic E-state index is -0.589. The second-order valence-electron chi connectivity index (χ2n) is 16.0. The first-order valence-corrected chi connectivity index (χ1v) is 16.8. The molecule has 8 nitrogen and oxygen atoms in total. The molecule has 1 aromatic carbocycles. The number of hydrogen-bond acceptors (Lipinski definition) is 6. The Morgan fingerprint density at radius 3 is 2.21 bits per heavy atom. The highest BCUT2D eigenvalue weighted by Crippen LogP contribution is 2.51. The Balaban J connectivity index is 1.15. The van der Waals surface area contributed by atoms with Crippen molar-refractivity contribution in [1.29, 1.82) is 0 Å². The van der Waals surface area contributed by atoms with Gasteiger partial charge in [0, 0.05) is 44.0 Å². The molecule has 1 spiro atoms. The number of benzene rings is 1. The van der Waals surface area contributed by atoms with Crippen LogP contribution in [0, 0.1) is 5.41 Å². The van der Waals surface area contributed by atoms with Crippen LogP contribution in [0.5, 0.6) is 0 Å². The van der Waals surface area contributed by atoms with E-state index in [0.29, 0.717) is 44.0 Å². The molecule has 7 rings (SSSR count). The molecule has 43 heavy (non-hydrogen) atoms. The third kappa shape index (κ3) is 4.88. The maximum atomic E-state index is 14.6. The zero-order valence-electron chi connectivity index (χ0n) is 27.1. The van der Waals surface area contributed by atoms with Crippen LogP contribution in [0.15, 0.2) is 18.2 Å². The Morgan fingerprint density at radius 2 is 1.60 bits per heavy atom. The number of fused-ring (bicyclic) bond motifs is 2. The Bertz CT molecular complexity index is 1260. The normalized spacial score (nSPS) is 32.7. The van der Waals surface area contributed by atoms with Crippen LogP contribution in [0.2, 0.25) is 0 Å². The van der Waals surface area contributed by atoms with Crippen molar-refractivity contribution in [3.63, 3.8) is 0 Å². The fraction of sp³-hybridized carbons (Fsp3) is 0.765. The largest absolute Gasteiger partial charge is 0.494 e. The fourth-order valence-electron chi connectivity index (χ4n) is 8.36. The van der Waals surface area contributed by atoms with Crippen LogP contribution in [0.3, 0.4) is 0 Å². The van der Waals surface area contributed by atoms with E-state index in [9.17, 15) is 9.59 Å². The highest BCUT2D eigenvalue weighted by Gasteiger charge is 2.57. The van der Waals surface area contributed by atoms with Crippen molar-refractivity contribution >= 4 is 30.1 Å². The van der Waals surface area contributed by atoms with Gasteiger partial charge in [0.25, 0.3) is 5.91 Å². The van der Waals surface area contributed by atoms with E-state index < -0.39 is 23.7 Å². The second-order valence-corrected chi connectivity index (χ2v) is 16.0. The maximum Gasteiger partial charge on any atom is 0.494 e. The molecule has 1 saturated carbocycles. The number of ether oxygens (including phenoxy) is 1. The highest BCUT2D eigenvalue weighted by molar-refractivity contribution is 6.62. The van der Waals surface area contributed by atoms with E-state index in [2.05, 4.69) is 69.5 Å². The van der Waals surface area contributed by atoms with Gasteiger partial charge in [-0.05, 0) is 108 Å². The van der Waals surface area contributed by atoms with E-state index in [1.807, 2.05) is 4.90 Å². The summed E-state index contributed by atoms with van der Waals surface area (Å²) in [6.45, 7) is 17.2. The number of piperidine rings is 1. The van der Waals surface area contributed by atoms with Crippen molar-refractivity contribution in [2.24, 2.45) is 5.41 Å².